The molecule has 2 heterocycles. The summed E-state index contributed by atoms with van der Waals surface area (Å²) in [6.45, 7) is 0. The van der Waals surface area contributed by atoms with Crippen molar-refractivity contribution in [2.24, 2.45) is 0 Å². The van der Waals surface area contributed by atoms with E-state index >= 15 is 0 Å². The Hall–Kier alpha value is 0.0400. The van der Waals surface area contributed by atoms with Crippen LogP contribution in [-0.4, -0.2) is 23.2 Å². The van der Waals surface area contributed by atoms with Gasteiger partial charge in [-0.2, -0.15) is 0 Å². The van der Waals surface area contributed by atoms with Crippen molar-refractivity contribution in [3.8, 4) is 10.7 Å². The second-order valence-electron chi connectivity index (χ2n) is 4.08. The summed E-state index contributed by atoms with van der Waals surface area (Å²) in [5.74, 6) is 0.540. The van der Waals surface area contributed by atoms with E-state index in [1.165, 1.54) is 11.3 Å². The van der Waals surface area contributed by atoms with Crippen LogP contribution in [0.5, 0.6) is 0 Å². The monoisotopic (exact) mass is 445 g/mol. The van der Waals surface area contributed by atoms with E-state index in [-0.39, 0.29) is 11.2 Å². The van der Waals surface area contributed by atoms with Gasteiger partial charge in [0.15, 0.2) is 5.82 Å². The zero-order chi connectivity index (χ0) is 13.8. The average Bonchev–Trinajstić information content (AvgIpc) is 2.95. The fraction of sp³-hybridized carbons (Fsp3) is 0.333. The molecule has 0 spiro atoms. The predicted octanol–water partition coefficient (Wildman–Crippen LogP) is 3.79. The van der Waals surface area contributed by atoms with Gasteiger partial charge in [-0.3, -0.25) is 4.57 Å². The first-order valence-electron chi connectivity index (χ1n) is 5.22. The maximum Gasteiger partial charge on any atom is 0.296 e. The summed E-state index contributed by atoms with van der Waals surface area (Å²) < 4.78 is 26.5. The number of thiophene rings is 1. The standard InChI is InChI=1S/C9H6Br2ClN3O2S2/c10-5-3-6(18-7(5)11)8-13-14-9(19(12,16)17)15(8)4-1-2-4/h3-4H,1-2H2. The Kier molecular flexibility index (Phi) is 3.54. The van der Waals surface area contributed by atoms with Crippen molar-refractivity contribution in [2.75, 3.05) is 0 Å². The van der Waals surface area contributed by atoms with Crippen LogP contribution in [0.2, 0.25) is 0 Å². The van der Waals surface area contributed by atoms with Crippen LogP contribution >= 0.6 is 53.9 Å². The molecule has 0 bridgehead atoms. The number of hydrogen-bond donors (Lipinski definition) is 0. The van der Waals surface area contributed by atoms with Gasteiger partial charge in [0, 0.05) is 21.2 Å². The summed E-state index contributed by atoms with van der Waals surface area (Å²) in [5.41, 5.74) is 0. The Bertz CT molecular complexity index is 732. The fourth-order valence-electron chi connectivity index (χ4n) is 1.73. The molecule has 0 atom stereocenters. The van der Waals surface area contributed by atoms with E-state index in [2.05, 4.69) is 42.1 Å². The van der Waals surface area contributed by atoms with Crippen LogP contribution in [0.15, 0.2) is 19.5 Å². The minimum atomic E-state index is -3.89. The molecule has 3 rings (SSSR count). The van der Waals surface area contributed by atoms with E-state index in [4.69, 9.17) is 10.7 Å². The lowest BCUT2D eigenvalue weighted by molar-refractivity contribution is 0.579. The molecular weight excluding hydrogens is 442 g/mol. The predicted molar refractivity (Wildman–Crippen MR) is 80.0 cm³/mol. The van der Waals surface area contributed by atoms with Gasteiger partial charge in [-0.05, 0) is 50.8 Å². The number of halogens is 3. The van der Waals surface area contributed by atoms with Gasteiger partial charge < -0.3 is 0 Å². The molecule has 1 fully saturated rings. The molecule has 19 heavy (non-hydrogen) atoms. The Labute approximate surface area is 134 Å². The minimum absolute atomic E-state index is 0.119. The zero-order valence-corrected chi connectivity index (χ0v) is 14.7. The molecule has 1 aliphatic rings. The van der Waals surface area contributed by atoms with Gasteiger partial charge in [0.05, 0.1) is 8.66 Å². The summed E-state index contributed by atoms with van der Waals surface area (Å²) in [4.78, 5) is 0.838. The van der Waals surface area contributed by atoms with Crippen molar-refractivity contribution in [2.45, 2.75) is 24.0 Å². The van der Waals surface area contributed by atoms with Crippen molar-refractivity contribution in [3.63, 3.8) is 0 Å². The minimum Gasteiger partial charge on any atom is -0.293 e. The van der Waals surface area contributed by atoms with Gasteiger partial charge >= 0.3 is 0 Å². The highest BCUT2D eigenvalue weighted by molar-refractivity contribution is 9.13. The van der Waals surface area contributed by atoms with Gasteiger partial charge in [0.25, 0.3) is 14.2 Å². The topological polar surface area (TPSA) is 64.8 Å². The second kappa shape index (κ2) is 4.80. The molecule has 0 unspecified atom stereocenters. The lowest BCUT2D eigenvalue weighted by Crippen LogP contribution is -2.05. The smallest absolute Gasteiger partial charge is 0.293 e. The number of rotatable bonds is 3. The quantitative estimate of drug-likeness (QED) is 0.672. The summed E-state index contributed by atoms with van der Waals surface area (Å²) in [6, 6.07) is 2.00. The highest BCUT2D eigenvalue weighted by Gasteiger charge is 2.34. The molecule has 0 aliphatic heterocycles. The fourth-order valence-corrected chi connectivity index (χ4v) is 4.67. The first-order valence-corrected chi connectivity index (χ1v) is 9.94. The maximum absolute atomic E-state index is 11.5. The third kappa shape index (κ3) is 2.63. The van der Waals surface area contributed by atoms with Crippen molar-refractivity contribution in [1.29, 1.82) is 0 Å². The van der Waals surface area contributed by atoms with Crippen LogP contribution in [0.25, 0.3) is 10.7 Å². The third-order valence-corrected chi connectivity index (χ3v) is 7.04. The normalized spacial score (nSPS) is 15.9. The van der Waals surface area contributed by atoms with Gasteiger partial charge in [0.1, 0.15) is 0 Å². The SMILES string of the molecule is O=S(=O)(Cl)c1nnc(-c2cc(Br)c(Br)s2)n1C1CC1. The largest absolute Gasteiger partial charge is 0.296 e. The lowest BCUT2D eigenvalue weighted by atomic mass is 10.4. The van der Waals surface area contributed by atoms with Crippen molar-refractivity contribution in [3.05, 3.63) is 14.3 Å². The molecule has 0 radical (unpaired) electrons. The average molecular weight is 448 g/mol. The highest BCUT2D eigenvalue weighted by atomic mass is 79.9. The summed E-state index contributed by atoms with van der Waals surface area (Å²) in [7, 11) is 1.52. The number of hydrogen-bond acceptors (Lipinski definition) is 5. The highest BCUT2D eigenvalue weighted by Crippen LogP contribution is 2.43. The van der Waals surface area contributed by atoms with E-state index < -0.39 is 9.05 Å². The molecule has 2 aromatic rings. The van der Waals surface area contributed by atoms with Gasteiger partial charge in [-0.1, -0.05) is 0 Å². The molecule has 0 N–H and O–H groups in total. The van der Waals surface area contributed by atoms with E-state index in [0.717, 1.165) is 26.0 Å². The van der Waals surface area contributed by atoms with E-state index in [0.29, 0.717) is 5.82 Å². The molecular formula is C9H6Br2ClN3O2S2. The van der Waals surface area contributed by atoms with Crippen LogP contribution in [0, 0.1) is 0 Å². The van der Waals surface area contributed by atoms with Crippen LogP contribution in [-0.2, 0) is 9.05 Å². The van der Waals surface area contributed by atoms with Crippen LogP contribution in [0.3, 0.4) is 0 Å². The van der Waals surface area contributed by atoms with E-state index in [1.807, 2.05) is 6.07 Å². The molecule has 2 aromatic heterocycles. The second-order valence-corrected chi connectivity index (χ2v) is 9.76. The Morgan fingerprint density at radius 2 is 2.05 bits per heavy atom. The number of aromatic nitrogens is 3. The molecule has 0 saturated heterocycles. The van der Waals surface area contributed by atoms with Gasteiger partial charge in [-0.25, -0.2) is 8.42 Å². The molecule has 5 nitrogen and oxygen atoms in total. The molecule has 0 aromatic carbocycles. The molecule has 1 aliphatic carbocycles. The zero-order valence-electron chi connectivity index (χ0n) is 9.18. The first kappa shape index (κ1) is 14.0. The third-order valence-electron chi connectivity index (χ3n) is 2.66. The van der Waals surface area contributed by atoms with Crippen LogP contribution in [0.1, 0.15) is 18.9 Å². The number of nitrogens with zero attached hydrogens (tertiary/aromatic N) is 3. The molecule has 0 amide bonds. The van der Waals surface area contributed by atoms with Crippen LogP contribution < -0.4 is 0 Å². The van der Waals surface area contributed by atoms with Crippen molar-refractivity contribution < 1.29 is 8.42 Å². The Morgan fingerprint density at radius 3 is 2.53 bits per heavy atom. The lowest BCUT2D eigenvalue weighted by Gasteiger charge is -2.05. The first-order chi connectivity index (χ1) is 8.88. The van der Waals surface area contributed by atoms with Crippen LogP contribution in [0.4, 0.5) is 0 Å². The molecule has 10 heteroatoms. The van der Waals surface area contributed by atoms with E-state index in [1.54, 1.807) is 4.57 Å². The van der Waals surface area contributed by atoms with E-state index in [9.17, 15) is 8.42 Å². The summed E-state index contributed by atoms with van der Waals surface area (Å²) >= 11 is 8.26. The Balaban J connectivity index is 2.19. The van der Waals surface area contributed by atoms with Gasteiger partial charge in [-0.15, -0.1) is 21.5 Å². The Morgan fingerprint density at radius 1 is 1.37 bits per heavy atom. The summed E-state index contributed by atoms with van der Waals surface area (Å²) in [6.07, 6.45) is 1.83. The molecule has 102 valence electrons. The summed E-state index contributed by atoms with van der Waals surface area (Å²) in [5, 5.41) is 7.55. The van der Waals surface area contributed by atoms with Crippen molar-refractivity contribution >= 4 is 62.9 Å². The van der Waals surface area contributed by atoms with Crippen molar-refractivity contribution in [1.82, 2.24) is 14.8 Å². The van der Waals surface area contributed by atoms with Gasteiger partial charge in [0.2, 0.25) is 0 Å². The molecule has 1 saturated carbocycles. The maximum atomic E-state index is 11.5.